The molecule has 0 saturated heterocycles. The van der Waals surface area contributed by atoms with Gasteiger partial charge >= 0.3 is 6.18 Å². The molecule has 10 heteroatoms. The van der Waals surface area contributed by atoms with E-state index in [2.05, 4.69) is 87.0 Å². The molecule has 0 atom stereocenters. The molecule has 5 aromatic rings. The molecule has 46 heavy (non-hydrogen) atoms. The Morgan fingerprint density at radius 1 is 0.870 bits per heavy atom. The molecule has 0 aliphatic carbocycles. The Kier molecular flexibility index (Phi) is 10.3. The molecule has 5 rings (SSSR count). The lowest BCUT2D eigenvalue weighted by molar-refractivity contribution is -0.344. The van der Waals surface area contributed by atoms with E-state index in [-0.39, 0.29) is 5.91 Å². The number of nitrogens with zero attached hydrogens (tertiary/aromatic N) is 3. The second kappa shape index (κ2) is 14.1. The van der Waals surface area contributed by atoms with E-state index in [0.717, 1.165) is 38.6 Å². The number of benzene rings is 4. The maximum absolute atomic E-state index is 13.5. The third kappa shape index (κ3) is 8.40. The number of nitriles is 1. The van der Waals surface area contributed by atoms with Crippen LogP contribution in [-0.4, -0.2) is 36.7 Å². The molecule has 1 heterocycles. The summed E-state index contributed by atoms with van der Waals surface area (Å²) in [5, 5.41) is 22.3. The first kappa shape index (κ1) is 33.5. The van der Waals surface area contributed by atoms with Gasteiger partial charge in [0.1, 0.15) is 23.9 Å². The van der Waals surface area contributed by atoms with Gasteiger partial charge in [-0.1, -0.05) is 66.7 Å². The molecule has 7 nitrogen and oxygen atoms in total. The molecule has 4 aromatic carbocycles. The number of fused-ring (bicyclic) bond motifs is 1. The lowest BCUT2D eigenvalue weighted by Crippen LogP contribution is -2.39. The lowest BCUT2D eigenvalue weighted by Gasteiger charge is -2.29. The van der Waals surface area contributed by atoms with Gasteiger partial charge < -0.3 is 19.8 Å². The summed E-state index contributed by atoms with van der Waals surface area (Å²) in [6.07, 6.45) is -5.19. The smallest absolute Gasteiger partial charge is 0.430 e. The number of halogens is 3. The summed E-state index contributed by atoms with van der Waals surface area (Å²) in [6, 6.07) is 36.8. The molecular weight excluding hydrogens is 593 g/mol. The van der Waals surface area contributed by atoms with Crippen molar-refractivity contribution in [2.75, 3.05) is 14.1 Å². The average molecular weight is 627 g/mol. The van der Waals surface area contributed by atoms with Crippen molar-refractivity contribution in [2.45, 2.75) is 32.7 Å². The van der Waals surface area contributed by atoms with Crippen molar-refractivity contribution in [1.29, 1.82) is 5.26 Å². The molecule has 0 radical (unpaired) electrons. The summed E-state index contributed by atoms with van der Waals surface area (Å²) >= 11 is 0. The zero-order valence-electron chi connectivity index (χ0n) is 25.6. The summed E-state index contributed by atoms with van der Waals surface area (Å²) in [7, 11) is 4.41. The first-order valence-corrected chi connectivity index (χ1v) is 14.4. The zero-order valence-corrected chi connectivity index (χ0v) is 25.6. The van der Waals surface area contributed by atoms with Crippen molar-refractivity contribution in [3.63, 3.8) is 0 Å². The monoisotopic (exact) mass is 626 g/mol. The molecule has 1 amide bonds. The highest BCUT2D eigenvalue weighted by Crippen LogP contribution is 2.26. The Morgan fingerprint density at radius 3 is 2.13 bits per heavy atom. The van der Waals surface area contributed by atoms with Crippen LogP contribution in [0.4, 0.5) is 18.9 Å². The normalized spacial score (nSPS) is 11.3. The third-order valence-corrected chi connectivity index (χ3v) is 7.53. The molecule has 236 valence electrons. The number of aliphatic carboxylic acids is 1. The highest BCUT2D eigenvalue weighted by atomic mass is 19.4. The minimum absolute atomic E-state index is 0.119. The van der Waals surface area contributed by atoms with Crippen molar-refractivity contribution < 1.29 is 27.9 Å². The van der Waals surface area contributed by atoms with Crippen LogP contribution < -0.4 is 14.9 Å². The second-order valence-electron chi connectivity index (χ2n) is 11.4. The van der Waals surface area contributed by atoms with E-state index in [1.165, 1.54) is 11.3 Å². The summed E-state index contributed by atoms with van der Waals surface area (Å²) < 4.78 is 34.3. The Morgan fingerprint density at radius 2 is 1.50 bits per heavy atom. The zero-order chi connectivity index (χ0) is 33.5. The number of nitrogens with one attached hydrogen (secondary N) is 1. The van der Waals surface area contributed by atoms with E-state index in [0.29, 0.717) is 24.3 Å². The second-order valence-corrected chi connectivity index (χ2v) is 11.4. The highest BCUT2D eigenvalue weighted by Gasteiger charge is 2.29. The fourth-order valence-corrected chi connectivity index (χ4v) is 5.13. The lowest BCUT2D eigenvalue weighted by atomic mass is 10.1. The average Bonchev–Trinajstić information content (AvgIpc) is 3.39. The van der Waals surface area contributed by atoms with Crippen molar-refractivity contribution in [2.24, 2.45) is 0 Å². The predicted octanol–water partition coefficient (Wildman–Crippen LogP) is 5.87. The van der Waals surface area contributed by atoms with E-state index < -0.39 is 12.1 Å². The number of aryl methyl sites for hydroxylation is 1. The van der Waals surface area contributed by atoms with Gasteiger partial charge in [-0.25, -0.2) is 0 Å². The number of carboxylic acid groups (broad SMARTS) is 1. The molecular formula is C36H33F3N4O3. The number of aromatic nitrogens is 1. The number of alkyl halides is 3. The van der Waals surface area contributed by atoms with Crippen LogP contribution in [-0.2, 0) is 24.4 Å². The molecule has 0 bridgehead atoms. The van der Waals surface area contributed by atoms with Gasteiger partial charge in [0.15, 0.2) is 0 Å². The van der Waals surface area contributed by atoms with Gasteiger partial charge in [-0.3, -0.25) is 9.28 Å². The first-order valence-electron chi connectivity index (χ1n) is 14.4. The van der Waals surface area contributed by atoms with Crippen LogP contribution in [0, 0.1) is 18.3 Å². The van der Waals surface area contributed by atoms with E-state index >= 15 is 0 Å². The van der Waals surface area contributed by atoms with Crippen molar-refractivity contribution in [1.82, 2.24) is 14.4 Å². The van der Waals surface area contributed by atoms with Crippen LogP contribution in [0.25, 0.3) is 10.9 Å². The number of hydrogen-bond donors (Lipinski definition) is 1. The Hall–Kier alpha value is -5.40. The Balaban J connectivity index is 0.000000617. The van der Waals surface area contributed by atoms with Gasteiger partial charge in [0.05, 0.1) is 25.7 Å². The standard InChI is InChI=1S/C34H32N4O.C2HF3O2/c1-25-9-7-14-32-31(25)20-33(37(32)23-29-13-8-12-28(19-29)21-35)34(39)36-22-26-15-17-30(18-16-26)38(2,3)24-27-10-5-4-6-11-27;3-2(4,5)1(6)7/h4-20H,22-24H2,1-3H3;(H,6,7). The quantitative estimate of drug-likeness (QED) is 0.218. The number of carbonyl (C=O) groups excluding carboxylic acids is 2. The molecule has 0 spiro atoms. The Labute approximate surface area is 265 Å². The van der Waals surface area contributed by atoms with E-state index in [1.807, 2.05) is 47.0 Å². The fourth-order valence-electron chi connectivity index (χ4n) is 5.13. The summed E-state index contributed by atoms with van der Waals surface area (Å²) in [6.45, 7) is 3.91. The van der Waals surface area contributed by atoms with E-state index in [9.17, 15) is 23.2 Å². The van der Waals surface area contributed by atoms with Gasteiger partial charge in [0, 0.05) is 29.6 Å². The number of rotatable bonds is 8. The number of quaternary nitrogens is 1. The van der Waals surface area contributed by atoms with Gasteiger partial charge in [-0.2, -0.15) is 18.4 Å². The summed E-state index contributed by atoms with van der Waals surface area (Å²) in [4.78, 5) is 22.3. The molecule has 0 aliphatic rings. The van der Waals surface area contributed by atoms with Gasteiger partial charge in [-0.05, 0) is 60.0 Å². The summed E-state index contributed by atoms with van der Waals surface area (Å²) in [5.74, 6) is -3.13. The van der Waals surface area contributed by atoms with Gasteiger partial charge in [0.25, 0.3) is 5.91 Å². The maximum Gasteiger partial charge on any atom is 0.430 e. The predicted molar refractivity (Wildman–Crippen MR) is 169 cm³/mol. The van der Waals surface area contributed by atoms with E-state index in [4.69, 9.17) is 9.90 Å². The van der Waals surface area contributed by atoms with Crippen LogP contribution in [0.15, 0.2) is 103 Å². The Bertz CT molecular complexity index is 1870. The van der Waals surface area contributed by atoms with Crippen LogP contribution >= 0.6 is 0 Å². The van der Waals surface area contributed by atoms with Gasteiger partial charge in [0.2, 0.25) is 0 Å². The third-order valence-electron chi connectivity index (χ3n) is 7.53. The van der Waals surface area contributed by atoms with Crippen LogP contribution in [0.3, 0.4) is 0 Å². The highest BCUT2D eigenvalue weighted by molar-refractivity contribution is 5.99. The van der Waals surface area contributed by atoms with Crippen molar-refractivity contribution in [3.8, 4) is 6.07 Å². The van der Waals surface area contributed by atoms with Crippen LogP contribution in [0.2, 0.25) is 0 Å². The van der Waals surface area contributed by atoms with Crippen LogP contribution in [0.5, 0.6) is 0 Å². The molecule has 1 aromatic heterocycles. The molecule has 1 N–H and O–H groups in total. The molecule has 0 saturated carbocycles. The molecule has 0 fully saturated rings. The van der Waals surface area contributed by atoms with Crippen molar-refractivity contribution in [3.05, 3.63) is 137 Å². The maximum atomic E-state index is 13.5. The SMILES string of the molecule is Cc1cccc2c1cc(C(=O)NCc1ccc([N+](C)(C)Cc3ccccc3)cc1)n2Cc1cccc(C#N)c1.O=C([O-])C(F)(F)F. The number of hydrogen-bond acceptors (Lipinski definition) is 4. The fraction of sp³-hybridized carbons (Fsp3) is 0.194. The minimum Gasteiger partial charge on any atom is -0.542 e. The summed E-state index contributed by atoms with van der Waals surface area (Å²) in [5.41, 5.74) is 7.89. The van der Waals surface area contributed by atoms with Crippen LogP contribution in [0.1, 0.15) is 38.3 Å². The number of carbonyl (C=O) groups is 2. The van der Waals surface area contributed by atoms with Crippen molar-refractivity contribution >= 4 is 28.5 Å². The van der Waals surface area contributed by atoms with Gasteiger partial charge in [-0.15, -0.1) is 0 Å². The molecule has 0 unspecified atom stereocenters. The largest absolute Gasteiger partial charge is 0.542 e. The molecule has 0 aliphatic heterocycles. The van der Waals surface area contributed by atoms with E-state index in [1.54, 1.807) is 6.07 Å². The minimum atomic E-state index is -5.19. The topological polar surface area (TPSA) is 98.0 Å². The first-order chi connectivity index (χ1) is 21.8. The number of amides is 1. The number of carboxylic acids is 1.